The van der Waals surface area contributed by atoms with E-state index >= 15 is 0 Å². The van der Waals surface area contributed by atoms with Gasteiger partial charge in [0.05, 0.1) is 31.8 Å². The molecule has 0 atom stereocenters. The molecule has 0 amide bonds. The van der Waals surface area contributed by atoms with Crippen LogP contribution in [0.1, 0.15) is 0 Å². The van der Waals surface area contributed by atoms with Crippen LogP contribution in [0.2, 0.25) is 0 Å². The lowest BCUT2D eigenvalue weighted by molar-refractivity contribution is -0.0328. The van der Waals surface area contributed by atoms with Crippen LogP contribution in [0.4, 0.5) is 0 Å². The molecule has 0 aliphatic rings. The molecule has 0 unspecified atom stereocenters. The van der Waals surface area contributed by atoms with E-state index in [4.69, 9.17) is 40.0 Å². The van der Waals surface area contributed by atoms with Crippen LogP contribution in [-0.2, 0) is 9.13 Å². The van der Waals surface area contributed by atoms with E-state index in [9.17, 15) is 9.13 Å². The van der Waals surface area contributed by atoms with Crippen molar-refractivity contribution in [2.45, 2.75) is 0 Å². The lowest BCUT2D eigenvalue weighted by Crippen LogP contribution is -2.37. The summed E-state index contributed by atoms with van der Waals surface area (Å²) in [4.78, 5) is 30.5. The van der Waals surface area contributed by atoms with E-state index in [-0.39, 0.29) is 0 Å². The Hall–Kier alpha value is 0.140. The molecule has 0 bridgehead atoms. The average molecular weight is 328 g/mol. The van der Waals surface area contributed by atoms with Gasteiger partial charge in [0.15, 0.2) is 0 Å². The van der Waals surface area contributed by atoms with Gasteiger partial charge in [0.25, 0.3) is 0 Å². The van der Waals surface area contributed by atoms with E-state index in [2.05, 4.69) is 0 Å². The molecule has 0 aromatic carbocycles. The van der Waals surface area contributed by atoms with Gasteiger partial charge in [0, 0.05) is 13.3 Å². The minimum absolute atomic E-state index is 0.406. The summed E-state index contributed by atoms with van der Waals surface area (Å²) in [5.41, 5.74) is -1.11. The first kappa shape index (κ1) is 24.2. The van der Waals surface area contributed by atoms with Crippen molar-refractivity contribution >= 4 is 15.2 Å². The van der Waals surface area contributed by atoms with Crippen LogP contribution in [0.5, 0.6) is 0 Å². The van der Waals surface area contributed by atoms with Crippen molar-refractivity contribution in [1.82, 2.24) is 0 Å². The van der Waals surface area contributed by atoms with Crippen molar-refractivity contribution in [2.24, 2.45) is 5.41 Å². The normalized spacial score (nSPS) is 11.9. The molecule has 120 valence electrons. The molecule has 8 N–H and O–H groups in total. The van der Waals surface area contributed by atoms with Gasteiger partial charge in [-0.3, -0.25) is 9.13 Å². The van der Waals surface area contributed by atoms with Crippen molar-refractivity contribution in [1.29, 1.82) is 0 Å². The summed E-state index contributed by atoms with van der Waals surface area (Å²) in [6.45, 7) is 0.0833. The quantitative estimate of drug-likeness (QED) is 0.256. The summed E-state index contributed by atoms with van der Waals surface area (Å²) in [6, 6.07) is 0. The molecule has 0 fully saturated rings. The highest BCUT2D eigenvalue weighted by molar-refractivity contribution is 7.51. The van der Waals surface area contributed by atoms with Crippen LogP contribution >= 0.6 is 15.2 Å². The van der Waals surface area contributed by atoms with Gasteiger partial charge in [-0.2, -0.15) is 0 Å². The van der Waals surface area contributed by atoms with E-state index in [0.29, 0.717) is 0 Å². The number of hydrogen-bond acceptors (Lipinski definition) is 6. The highest BCUT2D eigenvalue weighted by Gasteiger charge is 2.26. The summed E-state index contributed by atoms with van der Waals surface area (Å²) in [5.74, 6) is 0. The summed E-state index contributed by atoms with van der Waals surface area (Å²) in [7, 11) is -7.28. The van der Waals surface area contributed by atoms with Crippen molar-refractivity contribution in [3.05, 3.63) is 0 Å². The molecule has 0 aromatic heterocycles. The van der Waals surface area contributed by atoms with Gasteiger partial charge in [-0.15, -0.1) is 0 Å². The minimum atomic E-state index is -3.64. The summed E-state index contributed by atoms with van der Waals surface area (Å²) in [5, 5.41) is 34.0. The largest absolute Gasteiger partial charge is 0.396 e. The molecule has 0 spiro atoms. The first-order valence-electron chi connectivity index (χ1n) is 4.74. The van der Waals surface area contributed by atoms with Gasteiger partial charge in [-0.25, -0.2) is 0 Å². The predicted octanol–water partition coefficient (Wildman–Crippen LogP) is -2.47. The van der Waals surface area contributed by atoms with Crippen LogP contribution in [0.15, 0.2) is 0 Å². The minimum Gasteiger partial charge on any atom is -0.396 e. The van der Waals surface area contributed by atoms with Crippen molar-refractivity contribution in [2.75, 3.05) is 39.8 Å². The van der Waals surface area contributed by atoms with Crippen molar-refractivity contribution < 1.29 is 49.1 Å². The maximum atomic E-state index is 9.33. The van der Waals surface area contributed by atoms with E-state index in [1.54, 1.807) is 0 Å². The monoisotopic (exact) mass is 328 g/mol. The van der Waals surface area contributed by atoms with E-state index in [1.807, 2.05) is 0 Å². The van der Waals surface area contributed by atoms with Crippen LogP contribution in [-0.4, -0.2) is 79.8 Å². The fourth-order valence-electron chi connectivity index (χ4n) is 0.300. The average Bonchev–Trinajstić information content (AvgIpc) is 2.17. The summed E-state index contributed by atoms with van der Waals surface area (Å²) >= 11 is 0. The highest BCUT2D eigenvalue weighted by Crippen LogP contribution is 2.27. The van der Waals surface area contributed by atoms with Gasteiger partial charge >= 0.3 is 15.2 Å². The topological polar surface area (TPSA) is 196 Å². The fraction of sp³-hybridized carbons (Fsp3) is 1.00. The van der Waals surface area contributed by atoms with Crippen molar-refractivity contribution in [3.8, 4) is 0 Å². The Morgan fingerprint density at radius 3 is 0.789 bits per heavy atom. The zero-order valence-corrected chi connectivity index (χ0v) is 12.4. The van der Waals surface area contributed by atoms with Gasteiger partial charge in [-0.1, -0.05) is 0 Å². The lowest BCUT2D eigenvalue weighted by atomic mass is 9.93. The molecule has 0 radical (unpaired) electrons. The van der Waals surface area contributed by atoms with E-state index in [1.165, 1.54) is 0 Å². The Bertz CT molecular complexity index is 236. The molecule has 10 nitrogen and oxygen atoms in total. The van der Waals surface area contributed by atoms with Gasteiger partial charge in [-0.05, 0) is 0 Å². The third-order valence-corrected chi connectivity index (χ3v) is 1.34. The first-order valence-corrected chi connectivity index (χ1v) is 8.86. The molecular weight excluding hydrogens is 306 g/mol. The zero-order chi connectivity index (χ0) is 16.3. The van der Waals surface area contributed by atoms with E-state index in [0.717, 1.165) is 13.3 Å². The van der Waals surface area contributed by atoms with Crippen molar-refractivity contribution in [3.63, 3.8) is 0 Å². The molecule has 19 heavy (non-hydrogen) atoms. The van der Waals surface area contributed by atoms with Crippen LogP contribution in [0.25, 0.3) is 0 Å². The lowest BCUT2D eigenvalue weighted by Gasteiger charge is -2.23. The smallest absolute Gasteiger partial charge is 0.322 e. The molecular formula is C7H22O10P2. The number of hydrogen-bond donors (Lipinski definition) is 8. The zero-order valence-electron chi connectivity index (χ0n) is 10.6. The molecule has 12 heteroatoms. The molecule has 0 aromatic rings. The SMILES string of the molecule is CP(=O)(O)O.CP(=O)(O)O.OCC(CO)(CO)CO. The second-order valence-electron chi connectivity index (χ2n) is 3.80. The van der Waals surface area contributed by atoms with Crippen LogP contribution in [0.3, 0.4) is 0 Å². The molecule has 0 saturated heterocycles. The molecule has 0 aliphatic carbocycles. The number of aliphatic hydroxyl groups is 4. The van der Waals surface area contributed by atoms with Gasteiger partial charge in [0.2, 0.25) is 0 Å². The Balaban J connectivity index is -0.000000219. The maximum Gasteiger partial charge on any atom is 0.322 e. The third kappa shape index (κ3) is 32.1. The summed E-state index contributed by atoms with van der Waals surface area (Å²) in [6.07, 6.45) is 0. The molecule has 0 aliphatic heterocycles. The molecule has 0 saturated carbocycles. The second kappa shape index (κ2) is 10.9. The maximum absolute atomic E-state index is 9.33. The third-order valence-electron chi connectivity index (χ3n) is 1.34. The van der Waals surface area contributed by atoms with Crippen LogP contribution in [0, 0.1) is 5.41 Å². The Morgan fingerprint density at radius 2 is 0.789 bits per heavy atom. The first-order chi connectivity index (χ1) is 8.24. The van der Waals surface area contributed by atoms with E-state index < -0.39 is 47.0 Å². The van der Waals surface area contributed by atoms with Gasteiger partial charge < -0.3 is 40.0 Å². The van der Waals surface area contributed by atoms with Gasteiger partial charge in [0.1, 0.15) is 0 Å². The summed E-state index contributed by atoms with van der Waals surface area (Å²) < 4.78 is 18.7. The predicted molar refractivity (Wildman–Crippen MR) is 66.7 cm³/mol. The second-order valence-corrected chi connectivity index (χ2v) is 7.14. The Labute approximate surface area is 110 Å². The molecule has 0 rings (SSSR count). The Kier molecular flexibility index (Phi) is 13.8. The fourth-order valence-corrected chi connectivity index (χ4v) is 0.300. The Morgan fingerprint density at radius 1 is 0.684 bits per heavy atom. The highest BCUT2D eigenvalue weighted by atomic mass is 31.2. The van der Waals surface area contributed by atoms with Crippen LogP contribution < -0.4 is 0 Å². The number of rotatable bonds is 4. The number of aliphatic hydroxyl groups excluding tert-OH is 4. The molecule has 0 heterocycles. The standard InChI is InChI=1S/C5H12O4.2CH5O3P/c6-1-5(2-7,3-8)4-9;2*1-5(2,3)4/h6-9H,1-4H2;2*1H3,(H2,2,3,4).